The normalized spacial score (nSPS) is 20.5. The van der Waals surface area contributed by atoms with Crippen molar-refractivity contribution in [2.45, 2.75) is 25.0 Å². The van der Waals surface area contributed by atoms with Gasteiger partial charge in [0.05, 0.1) is 11.8 Å². The van der Waals surface area contributed by atoms with Gasteiger partial charge >= 0.3 is 0 Å². The second-order valence-corrected chi connectivity index (χ2v) is 3.83. The number of ether oxygens (including phenoxy) is 1. The molecule has 17 heavy (non-hydrogen) atoms. The van der Waals surface area contributed by atoms with Crippen LogP contribution < -0.4 is 5.32 Å². The van der Waals surface area contributed by atoms with Crippen LogP contribution in [0.2, 0.25) is 0 Å². The number of nitrogens with zero attached hydrogens (tertiary/aromatic N) is 2. The molecule has 1 aliphatic heterocycles. The highest BCUT2D eigenvalue weighted by molar-refractivity contribution is 5.81. The smallest absolute Gasteiger partial charge is 0.250 e. The SMILES string of the molecule is N#CC(NC(=O)C1CCCO1)c1ccccn1. The number of aromatic nitrogens is 1. The molecule has 2 unspecified atom stereocenters. The topological polar surface area (TPSA) is 75.0 Å². The minimum absolute atomic E-state index is 0.236. The van der Waals surface area contributed by atoms with E-state index in [2.05, 4.69) is 10.3 Å². The van der Waals surface area contributed by atoms with Crippen LogP contribution in [-0.4, -0.2) is 23.6 Å². The number of hydrogen-bond donors (Lipinski definition) is 1. The molecule has 0 aliphatic carbocycles. The molecule has 0 spiro atoms. The van der Waals surface area contributed by atoms with Gasteiger partial charge in [-0.25, -0.2) is 0 Å². The van der Waals surface area contributed by atoms with Gasteiger partial charge < -0.3 is 10.1 Å². The summed E-state index contributed by atoms with van der Waals surface area (Å²) in [4.78, 5) is 15.8. The fourth-order valence-electron chi connectivity index (χ4n) is 1.74. The van der Waals surface area contributed by atoms with E-state index in [4.69, 9.17) is 10.00 Å². The summed E-state index contributed by atoms with van der Waals surface area (Å²) >= 11 is 0. The van der Waals surface area contributed by atoms with Crippen molar-refractivity contribution in [3.05, 3.63) is 30.1 Å². The van der Waals surface area contributed by atoms with Crippen LogP contribution in [0.15, 0.2) is 24.4 Å². The molecule has 1 aromatic rings. The number of rotatable bonds is 3. The van der Waals surface area contributed by atoms with Crippen molar-refractivity contribution in [3.8, 4) is 6.07 Å². The maximum Gasteiger partial charge on any atom is 0.250 e. The van der Waals surface area contributed by atoms with Crippen LogP contribution in [0.4, 0.5) is 0 Å². The lowest BCUT2D eigenvalue weighted by molar-refractivity contribution is -0.130. The Hall–Kier alpha value is -1.93. The number of nitriles is 1. The van der Waals surface area contributed by atoms with Crippen molar-refractivity contribution >= 4 is 5.91 Å². The lowest BCUT2D eigenvalue weighted by atomic mass is 10.1. The first-order valence-electron chi connectivity index (χ1n) is 5.54. The molecule has 0 bridgehead atoms. The maximum atomic E-state index is 11.8. The molecule has 5 nitrogen and oxygen atoms in total. The molecule has 0 saturated carbocycles. The summed E-state index contributed by atoms with van der Waals surface area (Å²) < 4.78 is 5.25. The maximum absolute atomic E-state index is 11.8. The van der Waals surface area contributed by atoms with E-state index in [1.807, 2.05) is 6.07 Å². The first kappa shape index (κ1) is 11.6. The molecule has 88 valence electrons. The van der Waals surface area contributed by atoms with Crippen molar-refractivity contribution in [1.82, 2.24) is 10.3 Å². The lowest BCUT2D eigenvalue weighted by Crippen LogP contribution is -2.36. The number of hydrogen-bond acceptors (Lipinski definition) is 4. The van der Waals surface area contributed by atoms with Crippen LogP contribution in [0.1, 0.15) is 24.6 Å². The second-order valence-electron chi connectivity index (χ2n) is 3.83. The first-order valence-corrected chi connectivity index (χ1v) is 5.54. The number of pyridine rings is 1. The molecule has 2 heterocycles. The first-order chi connectivity index (χ1) is 8.31. The molecule has 5 heteroatoms. The van der Waals surface area contributed by atoms with E-state index in [-0.39, 0.29) is 5.91 Å². The number of carbonyl (C=O) groups is 1. The zero-order chi connectivity index (χ0) is 12.1. The molecule has 1 aromatic heterocycles. The van der Waals surface area contributed by atoms with Crippen molar-refractivity contribution in [1.29, 1.82) is 5.26 Å². The molecule has 2 atom stereocenters. The van der Waals surface area contributed by atoms with Gasteiger partial charge in [-0.2, -0.15) is 5.26 Å². The van der Waals surface area contributed by atoms with Crippen molar-refractivity contribution in [2.75, 3.05) is 6.61 Å². The molecular formula is C12H13N3O2. The van der Waals surface area contributed by atoms with Gasteiger partial charge in [-0.3, -0.25) is 9.78 Å². The van der Waals surface area contributed by atoms with Crippen LogP contribution in [-0.2, 0) is 9.53 Å². The number of amides is 1. The zero-order valence-corrected chi connectivity index (χ0v) is 9.30. The molecule has 1 saturated heterocycles. The Morgan fingerprint density at radius 2 is 2.53 bits per heavy atom. The van der Waals surface area contributed by atoms with Gasteiger partial charge in [-0.1, -0.05) is 6.07 Å². The third kappa shape index (κ3) is 2.80. The van der Waals surface area contributed by atoms with Gasteiger partial charge in [0.15, 0.2) is 6.04 Å². The van der Waals surface area contributed by atoms with Crippen molar-refractivity contribution in [3.63, 3.8) is 0 Å². The van der Waals surface area contributed by atoms with Crippen LogP contribution in [0, 0.1) is 11.3 Å². The summed E-state index contributed by atoms with van der Waals surface area (Å²) in [7, 11) is 0. The molecule has 1 N–H and O–H groups in total. The van der Waals surface area contributed by atoms with Gasteiger partial charge in [0.25, 0.3) is 0 Å². The van der Waals surface area contributed by atoms with Gasteiger partial charge in [-0.15, -0.1) is 0 Å². The predicted octanol–water partition coefficient (Wildman–Crippen LogP) is 0.941. The Morgan fingerprint density at radius 3 is 3.12 bits per heavy atom. The molecule has 0 aromatic carbocycles. The third-order valence-electron chi connectivity index (χ3n) is 2.62. The summed E-state index contributed by atoms with van der Waals surface area (Å²) in [6, 6.07) is 6.57. The minimum atomic E-state index is -0.715. The van der Waals surface area contributed by atoms with Crippen LogP contribution in [0.5, 0.6) is 0 Å². The summed E-state index contributed by atoms with van der Waals surface area (Å²) in [6.45, 7) is 0.610. The van der Waals surface area contributed by atoms with Gasteiger partial charge in [0.1, 0.15) is 6.10 Å². The average molecular weight is 231 g/mol. The molecule has 0 radical (unpaired) electrons. The highest BCUT2D eigenvalue weighted by atomic mass is 16.5. The monoisotopic (exact) mass is 231 g/mol. The van der Waals surface area contributed by atoms with E-state index >= 15 is 0 Å². The Bertz CT molecular complexity index is 421. The van der Waals surface area contributed by atoms with E-state index in [0.717, 1.165) is 6.42 Å². The lowest BCUT2D eigenvalue weighted by Gasteiger charge is -2.14. The Labute approximate surface area is 99.4 Å². The van der Waals surface area contributed by atoms with E-state index in [9.17, 15) is 4.79 Å². The van der Waals surface area contributed by atoms with E-state index in [0.29, 0.717) is 18.7 Å². The largest absolute Gasteiger partial charge is 0.368 e. The van der Waals surface area contributed by atoms with Gasteiger partial charge in [0.2, 0.25) is 5.91 Å². The molecule has 2 rings (SSSR count). The fraction of sp³-hybridized carbons (Fsp3) is 0.417. The Balaban J connectivity index is 2.01. The Morgan fingerprint density at radius 1 is 1.65 bits per heavy atom. The van der Waals surface area contributed by atoms with Crippen LogP contribution >= 0.6 is 0 Å². The van der Waals surface area contributed by atoms with Gasteiger partial charge in [-0.05, 0) is 25.0 Å². The molecule has 1 fully saturated rings. The number of carbonyl (C=O) groups excluding carboxylic acids is 1. The second kappa shape index (κ2) is 5.41. The molecule has 1 amide bonds. The summed E-state index contributed by atoms with van der Waals surface area (Å²) in [5.74, 6) is -0.236. The van der Waals surface area contributed by atoms with Gasteiger partial charge in [0, 0.05) is 12.8 Å². The van der Waals surface area contributed by atoms with E-state index < -0.39 is 12.1 Å². The zero-order valence-electron chi connectivity index (χ0n) is 9.30. The summed E-state index contributed by atoms with van der Waals surface area (Å²) in [6.07, 6.45) is 2.78. The average Bonchev–Trinajstić information content (AvgIpc) is 2.90. The fourth-order valence-corrected chi connectivity index (χ4v) is 1.74. The molecular weight excluding hydrogens is 218 g/mol. The third-order valence-corrected chi connectivity index (χ3v) is 2.62. The number of nitrogens with one attached hydrogen (secondary N) is 1. The highest BCUT2D eigenvalue weighted by Gasteiger charge is 2.26. The van der Waals surface area contributed by atoms with Crippen LogP contribution in [0.3, 0.4) is 0 Å². The highest BCUT2D eigenvalue weighted by Crippen LogP contribution is 2.14. The summed E-state index contributed by atoms with van der Waals surface area (Å²) in [5, 5.41) is 11.7. The van der Waals surface area contributed by atoms with E-state index in [1.54, 1.807) is 24.4 Å². The summed E-state index contributed by atoms with van der Waals surface area (Å²) in [5.41, 5.74) is 0.543. The van der Waals surface area contributed by atoms with Crippen molar-refractivity contribution in [2.24, 2.45) is 0 Å². The predicted molar refractivity (Wildman–Crippen MR) is 59.7 cm³/mol. The Kier molecular flexibility index (Phi) is 3.68. The quantitative estimate of drug-likeness (QED) is 0.840. The van der Waals surface area contributed by atoms with Crippen molar-refractivity contribution < 1.29 is 9.53 Å². The standard InChI is InChI=1S/C12H13N3O2/c13-8-10(9-4-1-2-6-14-9)15-12(16)11-5-3-7-17-11/h1-2,4,6,10-11H,3,5,7H2,(H,15,16). The minimum Gasteiger partial charge on any atom is -0.368 e. The van der Waals surface area contributed by atoms with Crippen LogP contribution in [0.25, 0.3) is 0 Å². The van der Waals surface area contributed by atoms with E-state index in [1.165, 1.54) is 0 Å². The molecule has 1 aliphatic rings.